The van der Waals surface area contributed by atoms with E-state index in [-0.39, 0.29) is 18.0 Å². The Kier molecular flexibility index (Phi) is 6.00. The van der Waals surface area contributed by atoms with Crippen LogP contribution in [0.4, 0.5) is 0 Å². The van der Waals surface area contributed by atoms with E-state index in [4.69, 9.17) is 0 Å². The van der Waals surface area contributed by atoms with Crippen molar-refractivity contribution >= 4 is 27.7 Å². The molecular weight excluding hydrogens is 402 g/mol. The largest absolute Gasteiger partial charge is 0.341 e. The maximum atomic E-state index is 13.4. The van der Waals surface area contributed by atoms with E-state index in [2.05, 4.69) is 21.5 Å². The summed E-state index contributed by atoms with van der Waals surface area (Å²) in [4.78, 5) is 30.9. The molecule has 2 aliphatic rings. The SMILES string of the molecule is CCCn1c2ccccc2c2cnn(CC(=O)N3CCC(N4CCCCC4)CC3)c(=O)c21. The first-order chi connectivity index (χ1) is 15.7. The second-order valence-electron chi connectivity index (χ2n) is 9.25. The summed E-state index contributed by atoms with van der Waals surface area (Å²) in [5, 5.41) is 6.29. The number of aromatic nitrogens is 3. The van der Waals surface area contributed by atoms with Crippen molar-refractivity contribution in [1.82, 2.24) is 24.1 Å². The molecule has 3 aromatic rings. The average Bonchev–Trinajstić information content (AvgIpc) is 3.16. The minimum atomic E-state index is -0.177. The van der Waals surface area contributed by atoms with Gasteiger partial charge >= 0.3 is 0 Å². The zero-order valence-corrected chi connectivity index (χ0v) is 19.0. The monoisotopic (exact) mass is 435 g/mol. The lowest BCUT2D eigenvalue weighted by molar-refractivity contribution is -0.133. The lowest BCUT2D eigenvalue weighted by atomic mass is 10.00. The molecule has 1 amide bonds. The number of fused-ring (bicyclic) bond motifs is 3. The molecule has 0 unspecified atom stereocenters. The molecule has 7 nitrogen and oxygen atoms in total. The predicted octanol–water partition coefficient (Wildman–Crippen LogP) is 3.24. The Labute approximate surface area is 188 Å². The first kappa shape index (κ1) is 21.2. The number of amides is 1. The summed E-state index contributed by atoms with van der Waals surface area (Å²) in [7, 11) is 0. The lowest BCUT2D eigenvalue weighted by Crippen LogP contribution is -2.49. The average molecular weight is 436 g/mol. The summed E-state index contributed by atoms with van der Waals surface area (Å²) in [6.45, 7) is 6.82. The summed E-state index contributed by atoms with van der Waals surface area (Å²) in [5.41, 5.74) is 1.52. The summed E-state index contributed by atoms with van der Waals surface area (Å²) < 4.78 is 3.44. The fourth-order valence-electron chi connectivity index (χ4n) is 5.55. The molecule has 0 bridgehead atoms. The number of piperidine rings is 2. The van der Waals surface area contributed by atoms with Gasteiger partial charge in [-0.3, -0.25) is 9.59 Å². The van der Waals surface area contributed by atoms with E-state index in [0.29, 0.717) is 11.6 Å². The molecule has 7 heteroatoms. The van der Waals surface area contributed by atoms with Gasteiger partial charge in [-0.25, -0.2) is 4.68 Å². The van der Waals surface area contributed by atoms with Gasteiger partial charge in [-0.1, -0.05) is 31.5 Å². The van der Waals surface area contributed by atoms with Crippen LogP contribution in [0.5, 0.6) is 0 Å². The third-order valence-electron chi connectivity index (χ3n) is 7.23. The van der Waals surface area contributed by atoms with E-state index in [1.165, 1.54) is 37.0 Å². The van der Waals surface area contributed by atoms with Crippen LogP contribution in [0.25, 0.3) is 21.8 Å². The van der Waals surface area contributed by atoms with Gasteiger partial charge in [0, 0.05) is 42.0 Å². The maximum Gasteiger partial charge on any atom is 0.291 e. The molecular formula is C25H33N5O2. The van der Waals surface area contributed by atoms with Crippen LogP contribution in [0.2, 0.25) is 0 Å². The molecule has 32 heavy (non-hydrogen) atoms. The Bertz CT molecular complexity index is 1170. The number of likely N-dealkylation sites (tertiary alicyclic amines) is 2. The fraction of sp³-hybridized carbons (Fsp3) is 0.560. The number of para-hydroxylation sites is 1. The van der Waals surface area contributed by atoms with Crippen molar-refractivity contribution in [2.45, 2.75) is 64.6 Å². The number of rotatable bonds is 5. The van der Waals surface area contributed by atoms with Crippen LogP contribution in [-0.4, -0.2) is 62.3 Å². The Hall–Kier alpha value is -2.67. The van der Waals surface area contributed by atoms with E-state index >= 15 is 0 Å². The van der Waals surface area contributed by atoms with E-state index in [1.807, 2.05) is 29.2 Å². The zero-order valence-electron chi connectivity index (χ0n) is 19.0. The van der Waals surface area contributed by atoms with Crippen LogP contribution >= 0.6 is 0 Å². The van der Waals surface area contributed by atoms with Crippen molar-refractivity contribution in [3.05, 3.63) is 40.8 Å². The van der Waals surface area contributed by atoms with E-state index in [0.717, 1.165) is 55.2 Å². The summed E-state index contributed by atoms with van der Waals surface area (Å²) in [6, 6.07) is 8.66. The van der Waals surface area contributed by atoms with Crippen molar-refractivity contribution in [3.8, 4) is 0 Å². The van der Waals surface area contributed by atoms with Gasteiger partial charge in [-0.15, -0.1) is 0 Å². The van der Waals surface area contributed by atoms with E-state index in [1.54, 1.807) is 6.20 Å². The zero-order chi connectivity index (χ0) is 22.1. The molecule has 0 aliphatic carbocycles. The van der Waals surface area contributed by atoms with Crippen molar-refractivity contribution in [2.75, 3.05) is 26.2 Å². The highest BCUT2D eigenvalue weighted by molar-refractivity contribution is 6.07. The van der Waals surface area contributed by atoms with Crippen LogP contribution in [0.3, 0.4) is 0 Å². The van der Waals surface area contributed by atoms with Crippen LogP contribution in [0.15, 0.2) is 35.3 Å². The standard InChI is InChI=1S/C25H33N5O2/c1-2-12-29-22-9-5-4-8-20(22)21-17-26-30(25(32)24(21)29)18-23(31)28-15-10-19(11-16-28)27-13-6-3-7-14-27/h4-5,8-9,17,19H,2-3,6-7,10-16,18H2,1H3. The van der Waals surface area contributed by atoms with Gasteiger partial charge in [0.15, 0.2) is 0 Å². The smallest absolute Gasteiger partial charge is 0.291 e. The van der Waals surface area contributed by atoms with Crippen molar-refractivity contribution in [1.29, 1.82) is 0 Å². The molecule has 0 saturated carbocycles. The van der Waals surface area contributed by atoms with Gasteiger partial charge in [0.25, 0.3) is 5.56 Å². The van der Waals surface area contributed by atoms with Crippen molar-refractivity contribution < 1.29 is 4.79 Å². The summed E-state index contributed by atoms with van der Waals surface area (Å²) in [5.74, 6) is -0.00537. The van der Waals surface area contributed by atoms with Gasteiger partial charge in [-0.05, 0) is 51.3 Å². The number of nitrogens with zero attached hydrogens (tertiary/aromatic N) is 5. The Morgan fingerprint density at radius 3 is 2.53 bits per heavy atom. The van der Waals surface area contributed by atoms with Crippen LogP contribution < -0.4 is 5.56 Å². The normalized spacial score (nSPS) is 18.6. The van der Waals surface area contributed by atoms with Gasteiger partial charge in [-0.2, -0.15) is 5.10 Å². The number of carbonyl (C=O) groups is 1. The molecule has 2 fully saturated rings. The highest BCUT2D eigenvalue weighted by Gasteiger charge is 2.28. The highest BCUT2D eigenvalue weighted by atomic mass is 16.2. The lowest BCUT2D eigenvalue weighted by Gasteiger charge is -2.40. The van der Waals surface area contributed by atoms with E-state index in [9.17, 15) is 9.59 Å². The fourth-order valence-corrected chi connectivity index (χ4v) is 5.55. The number of aryl methyl sites for hydroxylation is 1. The quantitative estimate of drug-likeness (QED) is 0.617. The second kappa shape index (κ2) is 9.06. The number of hydrogen-bond donors (Lipinski definition) is 0. The van der Waals surface area contributed by atoms with Crippen LogP contribution in [0.1, 0.15) is 45.4 Å². The Morgan fingerprint density at radius 1 is 1.03 bits per heavy atom. The third-order valence-corrected chi connectivity index (χ3v) is 7.23. The summed E-state index contributed by atoms with van der Waals surface area (Å²) >= 11 is 0. The first-order valence-electron chi connectivity index (χ1n) is 12.2. The van der Waals surface area contributed by atoms with Crippen molar-refractivity contribution in [2.24, 2.45) is 0 Å². The maximum absolute atomic E-state index is 13.4. The molecule has 2 aromatic heterocycles. The van der Waals surface area contributed by atoms with Crippen LogP contribution in [0, 0.1) is 0 Å². The van der Waals surface area contributed by atoms with Gasteiger partial charge < -0.3 is 14.4 Å². The van der Waals surface area contributed by atoms with Gasteiger partial charge in [0.1, 0.15) is 12.1 Å². The minimum Gasteiger partial charge on any atom is -0.341 e. The molecule has 0 radical (unpaired) electrons. The molecule has 2 saturated heterocycles. The predicted molar refractivity (Wildman–Crippen MR) is 127 cm³/mol. The minimum absolute atomic E-state index is 0.00537. The molecule has 170 valence electrons. The summed E-state index contributed by atoms with van der Waals surface area (Å²) in [6.07, 6.45) is 8.67. The molecule has 2 aliphatic heterocycles. The number of benzene rings is 1. The first-order valence-corrected chi connectivity index (χ1v) is 12.2. The number of hydrogen-bond acceptors (Lipinski definition) is 4. The molecule has 0 atom stereocenters. The third kappa shape index (κ3) is 3.83. The molecule has 5 rings (SSSR count). The van der Waals surface area contributed by atoms with Crippen LogP contribution in [-0.2, 0) is 17.9 Å². The van der Waals surface area contributed by atoms with Gasteiger partial charge in [0.05, 0.1) is 6.20 Å². The highest BCUT2D eigenvalue weighted by Crippen LogP contribution is 2.26. The van der Waals surface area contributed by atoms with E-state index < -0.39 is 0 Å². The Balaban J connectivity index is 1.35. The molecule has 0 N–H and O–H groups in total. The molecule has 4 heterocycles. The van der Waals surface area contributed by atoms with Gasteiger partial charge in [0.2, 0.25) is 5.91 Å². The topological polar surface area (TPSA) is 63.4 Å². The molecule has 0 spiro atoms. The van der Waals surface area contributed by atoms with Crippen molar-refractivity contribution in [3.63, 3.8) is 0 Å². The number of carbonyl (C=O) groups excluding carboxylic acids is 1. The molecule has 1 aromatic carbocycles. The second-order valence-corrected chi connectivity index (χ2v) is 9.25. The Morgan fingerprint density at radius 2 is 1.78 bits per heavy atom.